The first-order valence-corrected chi connectivity index (χ1v) is 8.59. The van der Waals surface area contributed by atoms with E-state index in [1.807, 2.05) is 27.2 Å². The van der Waals surface area contributed by atoms with Crippen LogP contribution in [0.5, 0.6) is 5.88 Å². The summed E-state index contributed by atoms with van der Waals surface area (Å²) in [6.45, 7) is 6.28. The summed E-state index contributed by atoms with van der Waals surface area (Å²) in [6, 6.07) is 2.63. The first-order chi connectivity index (χ1) is 12.9. The second-order valence-electron chi connectivity index (χ2n) is 7.38. The van der Waals surface area contributed by atoms with Crippen LogP contribution in [0.25, 0.3) is 0 Å². The number of ether oxygens (including phenoxy) is 2. The van der Waals surface area contributed by atoms with Crippen molar-refractivity contribution < 1.29 is 27.4 Å². The molecule has 1 aliphatic rings. The maximum Gasteiger partial charge on any atom is 0.574 e. The van der Waals surface area contributed by atoms with Crippen LogP contribution in [-0.2, 0) is 17.3 Å². The number of hydrogen-bond acceptors (Lipinski definition) is 5. The Hall–Kier alpha value is -2.56. The van der Waals surface area contributed by atoms with Crippen molar-refractivity contribution in [3.8, 4) is 5.88 Å². The molecule has 2 aromatic heterocycles. The van der Waals surface area contributed by atoms with Crippen molar-refractivity contribution in [2.75, 3.05) is 11.9 Å². The van der Waals surface area contributed by atoms with Gasteiger partial charge in [-0.3, -0.25) is 9.48 Å². The summed E-state index contributed by atoms with van der Waals surface area (Å²) in [5.74, 6) is -0.939. The van der Waals surface area contributed by atoms with Gasteiger partial charge >= 0.3 is 6.36 Å². The van der Waals surface area contributed by atoms with Crippen molar-refractivity contribution in [3.05, 3.63) is 29.9 Å². The van der Waals surface area contributed by atoms with Crippen LogP contribution in [-0.4, -0.2) is 38.4 Å². The fourth-order valence-corrected chi connectivity index (χ4v) is 2.84. The largest absolute Gasteiger partial charge is 0.574 e. The lowest BCUT2D eigenvalue weighted by atomic mass is 10.1. The van der Waals surface area contributed by atoms with Crippen LogP contribution in [0.1, 0.15) is 49.5 Å². The van der Waals surface area contributed by atoms with E-state index in [-0.39, 0.29) is 11.8 Å². The highest BCUT2D eigenvalue weighted by Gasteiger charge is 2.33. The van der Waals surface area contributed by atoms with Crippen LogP contribution < -0.4 is 10.1 Å². The van der Waals surface area contributed by atoms with Gasteiger partial charge < -0.3 is 14.8 Å². The van der Waals surface area contributed by atoms with Crippen molar-refractivity contribution in [1.29, 1.82) is 0 Å². The predicted molar refractivity (Wildman–Crippen MR) is 92.7 cm³/mol. The molecule has 1 aliphatic heterocycles. The number of hydrogen-bond donors (Lipinski definition) is 1. The zero-order valence-corrected chi connectivity index (χ0v) is 15.9. The average molecular weight is 400 g/mol. The van der Waals surface area contributed by atoms with Gasteiger partial charge in [-0.15, -0.1) is 18.3 Å². The van der Waals surface area contributed by atoms with Crippen molar-refractivity contribution in [2.45, 2.75) is 45.2 Å². The topological polar surface area (TPSA) is 83.2 Å². The van der Waals surface area contributed by atoms with Crippen LogP contribution >= 0.6 is 0 Å². The van der Waals surface area contributed by atoms with E-state index in [2.05, 4.69) is 20.3 Å². The highest BCUT2D eigenvalue weighted by atomic mass is 19.4. The maximum atomic E-state index is 12.6. The number of rotatable bonds is 4. The lowest BCUT2D eigenvalue weighted by molar-refractivity contribution is -0.276. The zero-order valence-electron chi connectivity index (χ0n) is 15.9. The van der Waals surface area contributed by atoms with Crippen LogP contribution in [0.2, 0.25) is 0 Å². The lowest BCUT2D eigenvalue weighted by Crippen LogP contribution is -2.27. The van der Waals surface area contributed by atoms with E-state index in [0.717, 1.165) is 10.7 Å². The number of alkyl halides is 3. The fraction of sp³-hybridized carbons (Fsp3) is 0.529. The molecule has 3 rings (SSSR count). The average Bonchev–Trinajstić information content (AvgIpc) is 3.23. The normalized spacial score (nSPS) is 17.8. The molecular formula is C17H21F3N5O3. The second-order valence-corrected chi connectivity index (χ2v) is 7.38. The summed E-state index contributed by atoms with van der Waals surface area (Å²) in [5, 5.41) is 10.8. The molecule has 1 saturated heterocycles. The third-order valence-corrected chi connectivity index (χ3v) is 4.04. The van der Waals surface area contributed by atoms with Gasteiger partial charge in [0.15, 0.2) is 0 Å². The van der Waals surface area contributed by atoms with Gasteiger partial charge in [-0.05, 0) is 33.6 Å². The van der Waals surface area contributed by atoms with Gasteiger partial charge in [0.2, 0.25) is 5.88 Å². The molecule has 1 radical (unpaired) electrons. The van der Waals surface area contributed by atoms with Crippen LogP contribution in [0, 0.1) is 6.42 Å². The number of carbonyl (C=O) groups excluding carboxylic acids is 1. The minimum absolute atomic E-state index is 0.0899. The van der Waals surface area contributed by atoms with Crippen LogP contribution in [0.4, 0.5) is 19.0 Å². The first kappa shape index (κ1) is 20.2. The van der Waals surface area contributed by atoms with Crippen molar-refractivity contribution >= 4 is 11.7 Å². The molecule has 3 heterocycles. The Bertz CT molecular complexity index is 860. The second kappa shape index (κ2) is 7.12. The summed E-state index contributed by atoms with van der Waals surface area (Å²) in [5.41, 5.74) is 0.137. The van der Waals surface area contributed by atoms with Gasteiger partial charge in [0.1, 0.15) is 17.6 Å². The van der Waals surface area contributed by atoms with E-state index >= 15 is 0 Å². The van der Waals surface area contributed by atoms with E-state index < -0.39 is 23.7 Å². The molecule has 1 fully saturated rings. The molecule has 0 aromatic carbocycles. The Kier molecular flexibility index (Phi) is 5.13. The third kappa shape index (κ3) is 4.46. The van der Waals surface area contributed by atoms with Crippen molar-refractivity contribution in [1.82, 2.24) is 19.6 Å². The van der Waals surface area contributed by atoms with E-state index in [1.165, 1.54) is 7.05 Å². The summed E-state index contributed by atoms with van der Waals surface area (Å²) in [6.07, 6.45) is -2.37. The summed E-state index contributed by atoms with van der Waals surface area (Å²) < 4.78 is 49.1. The molecule has 1 atom stereocenters. The van der Waals surface area contributed by atoms with Crippen LogP contribution in [0.3, 0.4) is 0 Å². The predicted octanol–water partition coefficient (Wildman–Crippen LogP) is 3.19. The van der Waals surface area contributed by atoms with Crippen LogP contribution in [0.15, 0.2) is 12.1 Å². The number of aromatic nitrogens is 4. The van der Waals surface area contributed by atoms with Gasteiger partial charge in [-0.2, -0.15) is 5.10 Å². The fourth-order valence-electron chi connectivity index (χ4n) is 2.84. The number of halogens is 3. The summed E-state index contributed by atoms with van der Waals surface area (Å²) >= 11 is 0. The number of aryl methyl sites for hydroxylation is 1. The highest BCUT2D eigenvalue weighted by Crippen LogP contribution is 2.31. The molecule has 1 N–H and O–H groups in total. The van der Waals surface area contributed by atoms with Gasteiger partial charge in [-0.25, -0.2) is 4.68 Å². The van der Waals surface area contributed by atoms with Crippen molar-refractivity contribution in [3.63, 3.8) is 0 Å². The Morgan fingerprint density at radius 1 is 1.29 bits per heavy atom. The van der Waals surface area contributed by atoms with E-state index in [1.54, 1.807) is 10.7 Å². The van der Waals surface area contributed by atoms with Gasteiger partial charge in [0.05, 0.1) is 17.8 Å². The molecule has 0 unspecified atom stereocenters. The molecule has 2 aromatic rings. The molecule has 11 heteroatoms. The molecule has 0 aliphatic carbocycles. The molecule has 0 spiro atoms. The zero-order chi connectivity index (χ0) is 20.7. The molecular weight excluding hydrogens is 379 g/mol. The van der Waals surface area contributed by atoms with Gasteiger partial charge in [-0.1, -0.05) is 0 Å². The number of nitrogens with one attached hydrogen (secondary N) is 1. The first-order valence-electron chi connectivity index (χ1n) is 8.59. The smallest absolute Gasteiger partial charge is 0.386 e. The van der Waals surface area contributed by atoms with E-state index in [0.29, 0.717) is 24.5 Å². The third-order valence-electron chi connectivity index (χ3n) is 4.04. The standard InChI is InChI=1S/C17H21F3N5O3/c1-16(2,3)25-13(8-10(22-25)12-6-5-7-27-12)21-15(26)11-9-14(23-24(11)4)28-17(18,19)20/h5,8-9,12H,6-7H2,1-4H3,(H,21,26)/t12-/m1/s1. The number of carbonyl (C=O) groups is 1. The van der Waals surface area contributed by atoms with E-state index in [9.17, 15) is 18.0 Å². The van der Waals surface area contributed by atoms with Gasteiger partial charge in [0, 0.05) is 19.2 Å². The molecule has 0 bridgehead atoms. The van der Waals surface area contributed by atoms with Gasteiger partial charge in [0.25, 0.3) is 5.91 Å². The van der Waals surface area contributed by atoms with E-state index in [4.69, 9.17) is 4.74 Å². The molecule has 153 valence electrons. The molecule has 28 heavy (non-hydrogen) atoms. The Morgan fingerprint density at radius 2 is 2.00 bits per heavy atom. The van der Waals surface area contributed by atoms with Crippen molar-refractivity contribution in [2.24, 2.45) is 7.05 Å². The highest BCUT2D eigenvalue weighted by molar-refractivity contribution is 6.02. The Morgan fingerprint density at radius 3 is 2.57 bits per heavy atom. The maximum absolute atomic E-state index is 12.6. The SMILES string of the molecule is Cn1nc(OC(F)(F)F)cc1C(=O)Nc1cc([C@H]2C[CH]CO2)nn1C(C)(C)C. The lowest BCUT2D eigenvalue weighted by Gasteiger charge is -2.22. The molecule has 0 saturated carbocycles. The summed E-state index contributed by atoms with van der Waals surface area (Å²) in [7, 11) is 1.35. The number of anilines is 1. The molecule has 8 nitrogen and oxygen atoms in total. The number of nitrogens with zero attached hydrogens (tertiary/aromatic N) is 4. The Balaban J connectivity index is 1.85. The summed E-state index contributed by atoms with van der Waals surface area (Å²) in [4.78, 5) is 12.6. The number of amides is 1. The molecule has 1 amide bonds. The minimum atomic E-state index is -4.89. The Labute approximate surface area is 159 Å². The quantitative estimate of drug-likeness (QED) is 0.852. The minimum Gasteiger partial charge on any atom is -0.386 e. The monoisotopic (exact) mass is 400 g/mol.